The van der Waals surface area contributed by atoms with Crippen molar-refractivity contribution in [3.05, 3.63) is 0 Å². The van der Waals surface area contributed by atoms with Crippen LogP contribution >= 0.6 is 19.0 Å². The standard InChI is InChI=1S/C5H10ClO3P/c1-2-10(8,9)4-3-5(6)7/h2-4H2,1H3,(H,8,9). The fourth-order valence-corrected chi connectivity index (χ4v) is 1.52. The minimum absolute atomic E-state index is 0.00579. The summed E-state index contributed by atoms with van der Waals surface area (Å²) in [6.07, 6.45) is 0.201. The Balaban J connectivity index is 3.68. The zero-order chi connectivity index (χ0) is 8.20. The van der Waals surface area contributed by atoms with Crippen LogP contribution in [-0.2, 0) is 9.36 Å². The molecule has 0 saturated carbocycles. The van der Waals surface area contributed by atoms with E-state index in [1.54, 1.807) is 6.92 Å². The van der Waals surface area contributed by atoms with E-state index in [4.69, 9.17) is 16.5 Å². The van der Waals surface area contributed by atoms with Crippen molar-refractivity contribution < 1.29 is 14.3 Å². The molecule has 0 rings (SSSR count). The van der Waals surface area contributed by atoms with Gasteiger partial charge in [0.05, 0.1) is 0 Å². The molecule has 0 amide bonds. The maximum Gasteiger partial charge on any atom is 0.222 e. The molecular formula is C5H10ClO3P. The van der Waals surface area contributed by atoms with E-state index < -0.39 is 12.6 Å². The summed E-state index contributed by atoms with van der Waals surface area (Å²) in [4.78, 5) is 19.1. The van der Waals surface area contributed by atoms with Crippen LogP contribution in [0.1, 0.15) is 13.3 Å². The lowest BCUT2D eigenvalue weighted by atomic mass is 10.5. The van der Waals surface area contributed by atoms with E-state index in [1.165, 1.54) is 0 Å². The molecule has 60 valence electrons. The molecule has 0 radical (unpaired) electrons. The van der Waals surface area contributed by atoms with E-state index in [2.05, 4.69) is 0 Å². The third kappa shape index (κ3) is 4.98. The molecule has 0 aromatic heterocycles. The summed E-state index contributed by atoms with van der Waals surface area (Å²) in [6.45, 7) is 1.61. The first kappa shape index (κ1) is 10.2. The SMILES string of the molecule is CCP(=O)(O)CCC(=O)Cl. The maximum absolute atomic E-state index is 10.8. The Morgan fingerprint density at radius 1 is 1.70 bits per heavy atom. The summed E-state index contributed by atoms with van der Waals surface area (Å²) in [7, 11) is -3.03. The van der Waals surface area contributed by atoms with Crippen LogP contribution in [0.25, 0.3) is 0 Å². The first-order valence-corrected chi connectivity index (χ1v) is 5.38. The van der Waals surface area contributed by atoms with Crippen LogP contribution in [0.15, 0.2) is 0 Å². The Kier molecular flexibility index (Phi) is 4.18. The molecule has 1 atom stereocenters. The Hall–Kier alpha value is 0.150. The lowest BCUT2D eigenvalue weighted by molar-refractivity contribution is -0.111. The predicted octanol–water partition coefficient (Wildman–Crippen LogP) is 1.43. The average molecular weight is 185 g/mol. The summed E-state index contributed by atoms with van der Waals surface area (Å²) in [5.74, 6) is 0. The zero-order valence-corrected chi connectivity index (χ0v) is 7.36. The number of halogens is 1. The summed E-state index contributed by atoms with van der Waals surface area (Å²) in [6, 6.07) is 0. The van der Waals surface area contributed by atoms with E-state index in [0.29, 0.717) is 0 Å². The molecule has 1 N–H and O–H groups in total. The topological polar surface area (TPSA) is 54.4 Å². The smallest absolute Gasteiger partial charge is 0.222 e. The van der Waals surface area contributed by atoms with E-state index in [-0.39, 0.29) is 18.7 Å². The number of carbonyl (C=O) groups excluding carboxylic acids is 1. The maximum atomic E-state index is 10.8. The monoisotopic (exact) mass is 184 g/mol. The Morgan fingerprint density at radius 3 is 2.50 bits per heavy atom. The van der Waals surface area contributed by atoms with E-state index in [9.17, 15) is 9.36 Å². The lowest BCUT2D eigenvalue weighted by Gasteiger charge is -2.04. The number of rotatable bonds is 4. The van der Waals surface area contributed by atoms with Crippen LogP contribution in [-0.4, -0.2) is 22.5 Å². The van der Waals surface area contributed by atoms with Gasteiger partial charge in [0.25, 0.3) is 0 Å². The third-order valence-corrected chi connectivity index (χ3v) is 3.25. The first-order valence-electron chi connectivity index (χ1n) is 2.97. The van der Waals surface area contributed by atoms with Gasteiger partial charge in [0.15, 0.2) is 0 Å². The van der Waals surface area contributed by atoms with Gasteiger partial charge in [-0.15, -0.1) is 0 Å². The Labute approximate surface area is 64.8 Å². The van der Waals surface area contributed by atoms with E-state index in [1.807, 2.05) is 0 Å². The molecule has 0 saturated heterocycles. The molecule has 0 aromatic carbocycles. The summed E-state index contributed by atoms with van der Waals surface area (Å²) in [5.41, 5.74) is 0. The van der Waals surface area contributed by atoms with Crippen LogP contribution in [0.3, 0.4) is 0 Å². The van der Waals surface area contributed by atoms with Crippen LogP contribution in [0, 0.1) is 0 Å². The van der Waals surface area contributed by atoms with Crippen molar-refractivity contribution in [3.63, 3.8) is 0 Å². The van der Waals surface area contributed by atoms with Gasteiger partial charge >= 0.3 is 0 Å². The van der Waals surface area contributed by atoms with Crippen molar-refractivity contribution in [2.24, 2.45) is 0 Å². The number of hydrogen-bond acceptors (Lipinski definition) is 2. The van der Waals surface area contributed by atoms with Crippen LogP contribution in [0.5, 0.6) is 0 Å². The van der Waals surface area contributed by atoms with E-state index in [0.717, 1.165) is 0 Å². The van der Waals surface area contributed by atoms with Crippen molar-refractivity contribution in [1.29, 1.82) is 0 Å². The quantitative estimate of drug-likeness (QED) is 0.531. The molecule has 0 fully saturated rings. The second kappa shape index (κ2) is 4.12. The van der Waals surface area contributed by atoms with Gasteiger partial charge in [-0.3, -0.25) is 9.36 Å². The van der Waals surface area contributed by atoms with Gasteiger partial charge in [-0.1, -0.05) is 6.92 Å². The first-order chi connectivity index (χ1) is 4.48. The molecule has 5 heteroatoms. The van der Waals surface area contributed by atoms with Crippen molar-refractivity contribution in [1.82, 2.24) is 0 Å². The van der Waals surface area contributed by atoms with Crippen LogP contribution in [0.2, 0.25) is 0 Å². The fourth-order valence-electron chi connectivity index (χ4n) is 0.421. The Morgan fingerprint density at radius 2 is 2.20 bits per heavy atom. The van der Waals surface area contributed by atoms with E-state index >= 15 is 0 Å². The van der Waals surface area contributed by atoms with Crippen molar-refractivity contribution in [2.75, 3.05) is 12.3 Å². The molecule has 0 spiro atoms. The highest BCUT2D eigenvalue weighted by molar-refractivity contribution is 7.57. The van der Waals surface area contributed by atoms with Gasteiger partial charge in [-0.25, -0.2) is 0 Å². The molecule has 10 heavy (non-hydrogen) atoms. The number of carbonyl (C=O) groups is 1. The van der Waals surface area contributed by atoms with Gasteiger partial charge in [-0.2, -0.15) is 0 Å². The zero-order valence-electron chi connectivity index (χ0n) is 5.71. The van der Waals surface area contributed by atoms with Gasteiger partial charge in [0.1, 0.15) is 0 Å². The van der Waals surface area contributed by atoms with Crippen molar-refractivity contribution in [2.45, 2.75) is 13.3 Å². The van der Waals surface area contributed by atoms with Crippen molar-refractivity contribution >= 4 is 24.2 Å². The Bertz CT molecular complexity index is 168. The minimum atomic E-state index is -3.03. The molecule has 3 nitrogen and oxygen atoms in total. The predicted molar refractivity (Wildman–Crippen MR) is 40.7 cm³/mol. The lowest BCUT2D eigenvalue weighted by Crippen LogP contribution is -1.95. The average Bonchev–Trinajstić information content (AvgIpc) is 1.85. The summed E-state index contributed by atoms with van der Waals surface area (Å²) >= 11 is 4.97. The van der Waals surface area contributed by atoms with Crippen LogP contribution < -0.4 is 0 Å². The van der Waals surface area contributed by atoms with Gasteiger partial charge in [-0.05, 0) is 11.6 Å². The second-order valence-corrected chi connectivity index (χ2v) is 5.19. The second-order valence-electron chi connectivity index (χ2n) is 1.99. The highest BCUT2D eigenvalue weighted by Gasteiger charge is 2.15. The molecule has 0 aromatic rings. The van der Waals surface area contributed by atoms with Gasteiger partial charge < -0.3 is 4.89 Å². The summed E-state index contributed by atoms with van der Waals surface area (Å²) < 4.78 is 10.8. The molecule has 0 aliphatic rings. The molecule has 0 aliphatic heterocycles. The highest BCUT2D eigenvalue weighted by atomic mass is 35.5. The van der Waals surface area contributed by atoms with Gasteiger partial charge in [0.2, 0.25) is 12.6 Å². The van der Waals surface area contributed by atoms with Gasteiger partial charge in [0, 0.05) is 18.7 Å². The molecular weight excluding hydrogens is 174 g/mol. The molecule has 0 heterocycles. The minimum Gasteiger partial charge on any atom is -0.344 e. The largest absolute Gasteiger partial charge is 0.344 e. The molecule has 1 unspecified atom stereocenters. The fraction of sp³-hybridized carbons (Fsp3) is 0.800. The van der Waals surface area contributed by atoms with Crippen molar-refractivity contribution in [3.8, 4) is 0 Å². The third-order valence-electron chi connectivity index (χ3n) is 1.15. The highest BCUT2D eigenvalue weighted by Crippen LogP contribution is 2.40. The number of hydrogen-bond donors (Lipinski definition) is 1. The van der Waals surface area contributed by atoms with Crippen LogP contribution in [0.4, 0.5) is 0 Å². The summed E-state index contributed by atoms with van der Waals surface area (Å²) in [5, 5.41) is -0.553. The molecule has 0 aliphatic carbocycles. The molecule has 0 bridgehead atoms. The normalized spacial score (nSPS) is 16.3.